The molecular formula is C15H16ClN3S. The molecule has 0 radical (unpaired) electrons. The van der Waals surface area contributed by atoms with Gasteiger partial charge >= 0.3 is 0 Å². The second kappa shape index (κ2) is 6.34. The molecule has 0 saturated heterocycles. The van der Waals surface area contributed by atoms with Crippen LogP contribution in [0.4, 0.5) is 0 Å². The zero-order chi connectivity index (χ0) is 14.7. The zero-order valence-electron chi connectivity index (χ0n) is 11.7. The van der Waals surface area contributed by atoms with Gasteiger partial charge in [-0.05, 0) is 24.1 Å². The van der Waals surface area contributed by atoms with Gasteiger partial charge in [-0.15, -0.1) is 0 Å². The van der Waals surface area contributed by atoms with Gasteiger partial charge in [0.05, 0.1) is 18.2 Å². The number of nitriles is 1. The van der Waals surface area contributed by atoms with Crippen LogP contribution in [0.3, 0.4) is 0 Å². The SMILES string of the molecule is CC(C)c1nc(CC#N)n(C)c1Sc1cccc(Cl)c1. The first kappa shape index (κ1) is 15.0. The van der Waals surface area contributed by atoms with E-state index in [0.29, 0.717) is 12.3 Å². The summed E-state index contributed by atoms with van der Waals surface area (Å²) in [4.78, 5) is 5.68. The number of halogens is 1. The largest absolute Gasteiger partial charge is 0.325 e. The van der Waals surface area contributed by atoms with Crippen molar-refractivity contribution in [2.45, 2.75) is 36.1 Å². The Morgan fingerprint density at radius 3 is 2.80 bits per heavy atom. The molecule has 0 atom stereocenters. The maximum absolute atomic E-state index is 8.88. The Hall–Kier alpha value is -1.44. The second-order valence-corrected chi connectivity index (χ2v) is 6.33. The summed E-state index contributed by atoms with van der Waals surface area (Å²) < 4.78 is 2.00. The standard InChI is InChI=1S/C15H16ClN3S/c1-10(2)14-15(19(3)13(18-14)7-8-17)20-12-6-4-5-11(16)9-12/h4-6,9-10H,7H2,1-3H3. The van der Waals surface area contributed by atoms with E-state index in [1.165, 1.54) is 0 Å². The highest BCUT2D eigenvalue weighted by Gasteiger charge is 2.18. The Bertz CT molecular complexity index is 656. The van der Waals surface area contributed by atoms with Crippen LogP contribution in [-0.2, 0) is 13.5 Å². The lowest BCUT2D eigenvalue weighted by molar-refractivity contribution is 0.747. The Labute approximate surface area is 128 Å². The van der Waals surface area contributed by atoms with Crippen molar-refractivity contribution in [3.05, 3.63) is 40.8 Å². The van der Waals surface area contributed by atoms with Gasteiger partial charge in [0.1, 0.15) is 10.9 Å². The molecule has 0 fully saturated rings. The summed E-state index contributed by atoms with van der Waals surface area (Å²) in [6, 6.07) is 9.92. The van der Waals surface area contributed by atoms with E-state index in [0.717, 1.165) is 26.5 Å². The molecule has 0 spiro atoms. The molecule has 0 amide bonds. The fourth-order valence-electron chi connectivity index (χ4n) is 1.92. The number of hydrogen-bond acceptors (Lipinski definition) is 3. The molecule has 0 aliphatic rings. The Morgan fingerprint density at radius 2 is 2.20 bits per heavy atom. The van der Waals surface area contributed by atoms with Crippen molar-refractivity contribution in [1.29, 1.82) is 5.26 Å². The molecular weight excluding hydrogens is 290 g/mol. The minimum absolute atomic E-state index is 0.315. The van der Waals surface area contributed by atoms with Gasteiger partial charge in [-0.3, -0.25) is 0 Å². The van der Waals surface area contributed by atoms with E-state index in [1.54, 1.807) is 11.8 Å². The summed E-state index contributed by atoms with van der Waals surface area (Å²) in [5.74, 6) is 1.12. The van der Waals surface area contributed by atoms with Crippen LogP contribution >= 0.6 is 23.4 Å². The summed E-state index contributed by atoms with van der Waals surface area (Å²) in [5.41, 5.74) is 1.03. The van der Waals surface area contributed by atoms with E-state index in [2.05, 4.69) is 24.9 Å². The van der Waals surface area contributed by atoms with Crippen molar-refractivity contribution in [2.24, 2.45) is 7.05 Å². The van der Waals surface area contributed by atoms with Crippen molar-refractivity contribution in [1.82, 2.24) is 9.55 Å². The third-order valence-corrected chi connectivity index (χ3v) is 4.36. The van der Waals surface area contributed by atoms with Crippen molar-refractivity contribution >= 4 is 23.4 Å². The molecule has 0 bridgehead atoms. The number of imidazole rings is 1. The molecule has 2 aromatic rings. The molecule has 1 aromatic carbocycles. The van der Waals surface area contributed by atoms with Gasteiger partial charge < -0.3 is 4.57 Å². The predicted octanol–water partition coefficient (Wildman–Crippen LogP) is 4.41. The molecule has 1 heterocycles. The van der Waals surface area contributed by atoms with Crippen LogP contribution in [0, 0.1) is 11.3 Å². The molecule has 5 heteroatoms. The van der Waals surface area contributed by atoms with Crippen LogP contribution in [0.1, 0.15) is 31.3 Å². The van der Waals surface area contributed by atoms with Crippen LogP contribution in [0.5, 0.6) is 0 Å². The Balaban J connectivity index is 2.42. The van der Waals surface area contributed by atoms with E-state index >= 15 is 0 Å². The first-order valence-electron chi connectivity index (χ1n) is 6.38. The number of aromatic nitrogens is 2. The molecule has 0 saturated carbocycles. The lowest BCUT2D eigenvalue weighted by Crippen LogP contribution is -1.98. The van der Waals surface area contributed by atoms with Crippen LogP contribution in [0.2, 0.25) is 5.02 Å². The van der Waals surface area contributed by atoms with Crippen molar-refractivity contribution in [3.8, 4) is 6.07 Å². The summed E-state index contributed by atoms with van der Waals surface area (Å²) in [6.07, 6.45) is 0.326. The Morgan fingerprint density at radius 1 is 1.45 bits per heavy atom. The van der Waals surface area contributed by atoms with Gasteiger partial charge in [0.2, 0.25) is 0 Å². The highest BCUT2D eigenvalue weighted by Crippen LogP contribution is 2.35. The van der Waals surface area contributed by atoms with Crippen molar-refractivity contribution < 1.29 is 0 Å². The predicted molar refractivity (Wildman–Crippen MR) is 82.2 cm³/mol. The molecule has 1 aromatic heterocycles. The molecule has 0 unspecified atom stereocenters. The zero-order valence-corrected chi connectivity index (χ0v) is 13.3. The van der Waals surface area contributed by atoms with Crippen LogP contribution < -0.4 is 0 Å². The highest BCUT2D eigenvalue weighted by atomic mass is 35.5. The smallest absolute Gasteiger partial charge is 0.123 e. The average molecular weight is 306 g/mol. The maximum Gasteiger partial charge on any atom is 0.123 e. The third kappa shape index (κ3) is 3.17. The first-order valence-corrected chi connectivity index (χ1v) is 7.58. The molecule has 104 valence electrons. The average Bonchev–Trinajstić information content (AvgIpc) is 2.69. The number of nitrogens with zero attached hydrogens (tertiary/aromatic N) is 3. The number of hydrogen-bond donors (Lipinski definition) is 0. The lowest BCUT2D eigenvalue weighted by Gasteiger charge is -2.08. The van der Waals surface area contributed by atoms with Gasteiger partial charge in [-0.2, -0.15) is 5.26 Å². The van der Waals surface area contributed by atoms with Crippen LogP contribution in [0.15, 0.2) is 34.2 Å². The van der Waals surface area contributed by atoms with Crippen LogP contribution in [-0.4, -0.2) is 9.55 Å². The molecule has 2 rings (SSSR count). The maximum atomic E-state index is 8.88. The lowest BCUT2D eigenvalue weighted by atomic mass is 10.1. The second-order valence-electron chi connectivity index (χ2n) is 4.83. The van der Waals surface area contributed by atoms with E-state index in [-0.39, 0.29) is 0 Å². The summed E-state index contributed by atoms with van der Waals surface area (Å²) in [7, 11) is 1.96. The van der Waals surface area contributed by atoms with E-state index in [4.69, 9.17) is 16.9 Å². The minimum atomic E-state index is 0.315. The molecule has 0 aliphatic carbocycles. The fourth-order valence-corrected chi connectivity index (χ4v) is 3.36. The van der Waals surface area contributed by atoms with E-state index in [1.807, 2.05) is 35.9 Å². The molecule has 20 heavy (non-hydrogen) atoms. The topological polar surface area (TPSA) is 41.6 Å². The molecule has 3 nitrogen and oxygen atoms in total. The monoisotopic (exact) mass is 305 g/mol. The van der Waals surface area contributed by atoms with Gasteiger partial charge in [-0.1, -0.05) is 43.3 Å². The van der Waals surface area contributed by atoms with Gasteiger partial charge in [0, 0.05) is 17.0 Å². The summed E-state index contributed by atoms with van der Waals surface area (Å²) >= 11 is 7.67. The normalized spacial score (nSPS) is 10.8. The van der Waals surface area contributed by atoms with Crippen LogP contribution in [0.25, 0.3) is 0 Å². The third-order valence-electron chi connectivity index (χ3n) is 2.96. The van der Waals surface area contributed by atoms with Gasteiger partial charge in [0.25, 0.3) is 0 Å². The van der Waals surface area contributed by atoms with Gasteiger partial charge in [0.15, 0.2) is 0 Å². The van der Waals surface area contributed by atoms with E-state index < -0.39 is 0 Å². The minimum Gasteiger partial charge on any atom is -0.325 e. The molecule has 0 aliphatic heterocycles. The van der Waals surface area contributed by atoms with E-state index in [9.17, 15) is 0 Å². The first-order chi connectivity index (χ1) is 9.52. The fraction of sp³-hybridized carbons (Fsp3) is 0.333. The Kier molecular flexibility index (Phi) is 4.74. The van der Waals surface area contributed by atoms with Crippen molar-refractivity contribution in [3.63, 3.8) is 0 Å². The van der Waals surface area contributed by atoms with Crippen molar-refractivity contribution in [2.75, 3.05) is 0 Å². The molecule has 0 N–H and O–H groups in total. The summed E-state index contributed by atoms with van der Waals surface area (Å²) in [5, 5.41) is 10.7. The quantitative estimate of drug-likeness (QED) is 0.840. The summed E-state index contributed by atoms with van der Waals surface area (Å²) in [6.45, 7) is 4.22. The highest BCUT2D eigenvalue weighted by molar-refractivity contribution is 7.99. The number of benzene rings is 1. The van der Waals surface area contributed by atoms with Gasteiger partial charge in [-0.25, -0.2) is 4.98 Å². The number of rotatable bonds is 4.